The van der Waals surface area contributed by atoms with Crippen molar-refractivity contribution in [3.8, 4) is 0 Å². The van der Waals surface area contributed by atoms with Crippen molar-refractivity contribution in [2.45, 2.75) is 16.5 Å². The predicted octanol–water partition coefficient (Wildman–Crippen LogP) is 3.86. The van der Waals surface area contributed by atoms with Crippen LogP contribution in [0.1, 0.15) is 11.4 Å². The summed E-state index contributed by atoms with van der Waals surface area (Å²) in [5, 5.41) is 12.2. The Balaban J connectivity index is 1.59. The van der Waals surface area contributed by atoms with E-state index < -0.39 is 0 Å². The topological polar surface area (TPSA) is 59.8 Å². The van der Waals surface area contributed by atoms with E-state index in [4.69, 9.17) is 0 Å². The van der Waals surface area contributed by atoms with E-state index in [0.717, 1.165) is 28.0 Å². The van der Waals surface area contributed by atoms with Gasteiger partial charge in [0.05, 0.1) is 11.4 Å². The molecule has 0 fully saturated rings. The first kappa shape index (κ1) is 18.5. The molecule has 1 aromatic heterocycles. The van der Waals surface area contributed by atoms with E-state index in [9.17, 15) is 4.79 Å². The van der Waals surface area contributed by atoms with Crippen molar-refractivity contribution >= 4 is 35.1 Å². The van der Waals surface area contributed by atoms with Crippen molar-refractivity contribution < 1.29 is 4.79 Å². The van der Waals surface area contributed by atoms with Gasteiger partial charge in [0.25, 0.3) is 0 Å². The van der Waals surface area contributed by atoms with Gasteiger partial charge >= 0.3 is 0 Å². The molecule has 0 aliphatic carbocycles. The standard InChI is InChI=1S/C19H20N4OS2/c1-23-17(12-14-8-4-3-5-9-14)21-22-19(23)26-13-18(24)20-15-10-6-7-11-16(15)25-2/h3-11H,12-13H2,1-2H3,(H,20,24). The van der Waals surface area contributed by atoms with E-state index >= 15 is 0 Å². The summed E-state index contributed by atoms with van der Waals surface area (Å²) >= 11 is 3.00. The monoisotopic (exact) mass is 384 g/mol. The van der Waals surface area contributed by atoms with Crippen LogP contribution >= 0.6 is 23.5 Å². The first-order valence-corrected chi connectivity index (χ1v) is 10.4. The Labute approximate surface area is 161 Å². The zero-order valence-electron chi connectivity index (χ0n) is 14.7. The SMILES string of the molecule is CSc1ccccc1NC(=O)CSc1nnc(Cc2ccccc2)n1C. The highest BCUT2D eigenvalue weighted by Gasteiger charge is 2.12. The number of anilines is 1. The van der Waals surface area contributed by atoms with E-state index in [1.807, 2.05) is 60.3 Å². The lowest BCUT2D eigenvalue weighted by molar-refractivity contribution is -0.113. The summed E-state index contributed by atoms with van der Waals surface area (Å²) < 4.78 is 1.95. The fourth-order valence-corrected chi connectivity index (χ4v) is 3.75. The Hall–Kier alpha value is -2.25. The third kappa shape index (κ3) is 4.68. The van der Waals surface area contributed by atoms with Gasteiger partial charge in [0.1, 0.15) is 5.82 Å². The number of benzene rings is 2. The number of hydrogen-bond donors (Lipinski definition) is 1. The summed E-state index contributed by atoms with van der Waals surface area (Å²) in [6.45, 7) is 0. The summed E-state index contributed by atoms with van der Waals surface area (Å²) in [6.07, 6.45) is 2.71. The van der Waals surface area contributed by atoms with Gasteiger partial charge < -0.3 is 9.88 Å². The molecular weight excluding hydrogens is 364 g/mol. The van der Waals surface area contributed by atoms with Crippen LogP contribution in [0, 0.1) is 0 Å². The number of carbonyl (C=O) groups is 1. The summed E-state index contributed by atoms with van der Waals surface area (Å²) in [4.78, 5) is 13.3. The van der Waals surface area contributed by atoms with Crippen molar-refractivity contribution in [2.24, 2.45) is 7.05 Å². The van der Waals surface area contributed by atoms with Crippen LogP contribution in [0.15, 0.2) is 64.6 Å². The number of aromatic nitrogens is 3. The van der Waals surface area contributed by atoms with Gasteiger partial charge in [-0.3, -0.25) is 4.79 Å². The molecule has 3 rings (SSSR count). The van der Waals surface area contributed by atoms with Gasteiger partial charge in [0, 0.05) is 18.4 Å². The maximum absolute atomic E-state index is 12.3. The van der Waals surface area contributed by atoms with E-state index in [-0.39, 0.29) is 5.91 Å². The first-order chi connectivity index (χ1) is 12.7. The van der Waals surface area contributed by atoms with E-state index in [1.165, 1.54) is 17.3 Å². The molecule has 1 heterocycles. The predicted molar refractivity (Wildman–Crippen MR) is 108 cm³/mol. The number of thioether (sulfide) groups is 2. The highest BCUT2D eigenvalue weighted by molar-refractivity contribution is 7.99. The van der Waals surface area contributed by atoms with Gasteiger partial charge in [-0.1, -0.05) is 54.2 Å². The molecule has 0 unspecified atom stereocenters. The Bertz CT molecular complexity index is 880. The molecule has 0 saturated heterocycles. The Kier molecular flexibility index (Phi) is 6.35. The molecule has 0 spiro atoms. The lowest BCUT2D eigenvalue weighted by Crippen LogP contribution is -2.15. The van der Waals surface area contributed by atoms with Gasteiger partial charge in [0.15, 0.2) is 5.16 Å². The lowest BCUT2D eigenvalue weighted by Gasteiger charge is -2.09. The number of nitrogens with zero attached hydrogens (tertiary/aromatic N) is 3. The highest BCUT2D eigenvalue weighted by atomic mass is 32.2. The van der Waals surface area contributed by atoms with E-state index in [2.05, 4.69) is 27.6 Å². The smallest absolute Gasteiger partial charge is 0.234 e. The van der Waals surface area contributed by atoms with Crippen molar-refractivity contribution in [3.63, 3.8) is 0 Å². The highest BCUT2D eigenvalue weighted by Crippen LogP contribution is 2.25. The summed E-state index contributed by atoms with van der Waals surface area (Å²) in [5.41, 5.74) is 2.03. The lowest BCUT2D eigenvalue weighted by atomic mass is 10.1. The number of carbonyl (C=O) groups excluding carboxylic acids is 1. The van der Waals surface area contributed by atoms with Crippen LogP contribution < -0.4 is 5.32 Å². The fourth-order valence-electron chi connectivity index (χ4n) is 2.47. The zero-order valence-corrected chi connectivity index (χ0v) is 16.3. The van der Waals surface area contributed by atoms with Crippen molar-refractivity contribution in [1.82, 2.24) is 14.8 Å². The minimum Gasteiger partial charge on any atom is -0.324 e. The molecule has 2 aromatic carbocycles. The summed E-state index contributed by atoms with van der Waals surface area (Å²) in [7, 11) is 1.93. The number of amides is 1. The minimum atomic E-state index is -0.0518. The van der Waals surface area contributed by atoms with Gasteiger partial charge in [-0.2, -0.15) is 0 Å². The molecule has 5 nitrogen and oxygen atoms in total. The third-order valence-corrected chi connectivity index (χ3v) is 5.66. The fraction of sp³-hybridized carbons (Fsp3) is 0.211. The molecule has 0 radical (unpaired) electrons. The van der Waals surface area contributed by atoms with Crippen LogP contribution in [-0.2, 0) is 18.3 Å². The van der Waals surface area contributed by atoms with Crippen LogP contribution in [-0.4, -0.2) is 32.7 Å². The van der Waals surface area contributed by atoms with Crippen molar-refractivity contribution in [1.29, 1.82) is 0 Å². The van der Waals surface area contributed by atoms with Gasteiger partial charge in [0.2, 0.25) is 5.91 Å². The van der Waals surface area contributed by atoms with Crippen LogP contribution in [0.2, 0.25) is 0 Å². The molecule has 7 heteroatoms. The molecule has 0 saturated carbocycles. The maximum Gasteiger partial charge on any atom is 0.234 e. The molecule has 3 aromatic rings. The van der Waals surface area contributed by atoms with Gasteiger partial charge in [-0.15, -0.1) is 22.0 Å². The minimum absolute atomic E-state index is 0.0518. The second-order valence-corrected chi connectivity index (χ2v) is 7.45. The van der Waals surface area contributed by atoms with E-state index in [1.54, 1.807) is 11.8 Å². The number of nitrogens with one attached hydrogen (secondary N) is 1. The second kappa shape index (κ2) is 8.91. The first-order valence-electron chi connectivity index (χ1n) is 8.15. The maximum atomic E-state index is 12.3. The molecule has 1 N–H and O–H groups in total. The Morgan fingerprint density at radius 2 is 1.81 bits per heavy atom. The molecule has 0 aliphatic heterocycles. The molecule has 1 amide bonds. The number of rotatable bonds is 7. The molecular formula is C19H20N4OS2. The molecule has 0 atom stereocenters. The van der Waals surface area contributed by atoms with E-state index in [0.29, 0.717) is 5.75 Å². The number of para-hydroxylation sites is 1. The van der Waals surface area contributed by atoms with Crippen LogP contribution in [0.4, 0.5) is 5.69 Å². The van der Waals surface area contributed by atoms with Crippen LogP contribution in [0.5, 0.6) is 0 Å². The molecule has 26 heavy (non-hydrogen) atoms. The van der Waals surface area contributed by atoms with Crippen molar-refractivity contribution in [3.05, 3.63) is 66.0 Å². The van der Waals surface area contributed by atoms with Crippen LogP contribution in [0.3, 0.4) is 0 Å². The molecule has 134 valence electrons. The summed E-state index contributed by atoms with van der Waals surface area (Å²) in [5.74, 6) is 1.12. The van der Waals surface area contributed by atoms with Crippen LogP contribution in [0.25, 0.3) is 0 Å². The average Bonchev–Trinajstić information content (AvgIpc) is 3.01. The number of hydrogen-bond acceptors (Lipinski definition) is 5. The van der Waals surface area contributed by atoms with Crippen molar-refractivity contribution in [2.75, 3.05) is 17.3 Å². The largest absolute Gasteiger partial charge is 0.324 e. The second-order valence-electron chi connectivity index (χ2n) is 5.66. The molecule has 0 bridgehead atoms. The Morgan fingerprint density at radius 3 is 2.58 bits per heavy atom. The van der Waals surface area contributed by atoms with Gasteiger partial charge in [-0.25, -0.2) is 0 Å². The summed E-state index contributed by atoms with van der Waals surface area (Å²) in [6, 6.07) is 17.9. The van der Waals surface area contributed by atoms with Gasteiger partial charge in [-0.05, 0) is 24.0 Å². The normalized spacial score (nSPS) is 10.7. The zero-order chi connectivity index (χ0) is 18.4. The molecule has 0 aliphatic rings. The Morgan fingerprint density at radius 1 is 1.08 bits per heavy atom. The quantitative estimate of drug-likeness (QED) is 0.627. The third-order valence-electron chi connectivity index (χ3n) is 3.84. The average molecular weight is 385 g/mol.